The van der Waals surface area contributed by atoms with Crippen LogP contribution in [0.2, 0.25) is 0 Å². The van der Waals surface area contributed by atoms with Gasteiger partial charge in [0.2, 0.25) is 0 Å². The van der Waals surface area contributed by atoms with E-state index in [0.717, 1.165) is 31.9 Å². The first-order chi connectivity index (χ1) is 13.9. The summed E-state index contributed by atoms with van der Waals surface area (Å²) in [6, 6.07) is 4.43. The van der Waals surface area contributed by atoms with Crippen LogP contribution in [0.15, 0.2) is 12.1 Å². The van der Waals surface area contributed by atoms with Crippen LogP contribution in [0.3, 0.4) is 0 Å². The third-order valence-corrected chi connectivity index (χ3v) is 6.07. The third-order valence-electron chi connectivity index (χ3n) is 5.07. The molecule has 0 atom stereocenters. The van der Waals surface area contributed by atoms with E-state index >= 15 is 0 Å². The number of fused-ring (bicyclic) bond motifs is 2. The van der Waals surface area contributed by atoms with Crippen LogP contribution >= 0.6 is 22.6 Å². The first-order valence-electron chi connectivity index (χ1n) is 9.86. The normalized spacial score (nSPS) is 13.3. The van der Waals surface area contributed by atoms with Gasteiger partial charge in [-0.05, 0) is 58.7 Å². The Kier molecular flexibility index (Phi) is 5.86. The van der Waals surface area contributed by atoms with E-state index in [2.05, 4.69) is 69.2 Å². The van der Waals surface area contributed by atoms with E-state index in [9.17, 15) is 4.39 Å². The number of nitrogen functional groups attached to an aromatic ring is 1. The van der Waals surface area contributed by atoms with E-state index in [1.165, 1.54) is 20.4 Å². The second-order valence-corrected chi connectivity index (χ2v) is 8.94. The minimum absolute atomic E-state index is 0.0792. The van der Waals surface area contributed by atoms with Crippen LogP contribution in [0.1, 0.15) is 30.8 Å². The molecule has 0 saturated heterocycles. The Bertz CT molecular complexity index is 1050. The van der Waals surface area contributed by atoms with Crippen molar-refractivity contribution in [3.8, 4) is 0 Å². The number of nitrogens with two attached hydrogens (primary N) is 1. The average Bonchev–Trinajstić information content (AvgIpc) is 3.23. The fourth-order valence-corrected chi connectivity index (χ4v) is 4.33. The lowest BCUT2D eigenvalue weighted by atomic mass is 10.1. The molecule has 4 N–H and O–H groups in total. The second-order valence-electron chi connectivity index (χ2n) is 7.78. The molecule has 9 heteroatoms. The van der Waals surface area contributed by atoms with Crippen molar-refractivity contribution in [2.45, 2.75) is 33.2 Å². The number of benzene rings is 1. The molecule has 1 aromatic carbocycles. The molecular weight excluding hydrogens is 484 g/mol. The maximum atomic E-state index is 13.9. The summed E-state index contributed by atoms with van der Waals surface area (Å²) < 4.78 is 17.0. The third kappa shape index (κ3) is 4.30. The van der Waals surface area contributed by atoms with Gasteiger partial charge in [0.15, 0.2) is 17.0 Å². The molecule has 7 nitrogen and oxygen atoms in total. The summed E-state index contributed by atoms with van der Waals surface area (Å²) in [5, 5.41) is 6.84. The summed E-state index contributed by atoms with van der Waals surface area (Å²) in [6.07, 6.45) is 0.835. The first kappa shape index (κ1) is 20.3. The highest BCUT2D eigenvalue weighted by molar-refractivity contribution is 14.1. The molecule has 29 heavy (non-hydrogen) atoms. The van der Waals surface area contributed by atoms with Gasteiger partial charge in [-0.1, -0.05) is 19.9 Å². The average molecular weight is 509 g/mol. The monoisotopic (exact) mass is 509 g/mol. The summed E-state index contributed by atoms with van der Waals surface area (Å²) >= 11 is 2.36. The maximum Gasteiger partial charge on any atom is 0.312 e. The van der Waals surface area contributed by atoms with Gasteiger partial charge in [0, 0.05) is 35.3 Å². The van der Waals surface area contributed by atoms with E-state index < -0.39 is 6.08 Å². The van der Waals surface area contributed by atoms with Gasteiger partial charge < -0.3 is 20.9 Å². The summed E-state index contributed by atoms with van der Waals surface area (Å²) in [4.78, 5) is 12.3. The molecule has 0 spiro atoms. The smallest absolute Gasteiger partial charge is 0.312 e. The molecule has 154 valence electrons. The summed E-state index contributed by atoms with van der Waals surface area (Å²) in [6.45, 7) is 7.60. The predicted molar refractivity (Wildman–Crippen MR) is 122 cm³/mol. The number of aromatic nitrogens is 4. The molecule has 2 aromatic heterocycles. The zero-order valence-corrected chi connectivity index (χ0v) is 18.8. The summed E-state index contributed by atoms with van der Waals surface area (Å²) in [5.41, 5.74) is 10.6. The molecule has 0 unspecified atom stereocenters. The van der Waals surface area contributed by atoms with Gasteiger partial charge in [-0.15, -0.1) is 0 Å². The Morgan fingerprint density at radius 1 is 1.31 bits per heavy atom. The van der Waals surface area contributed by atoms with E-state index in [0.29, 0.717) is 30.0 Å². The lowest BCUT2D eigenvalue weighted by molar-refractivity contribution is 0.517. The number of rotatable bonds is 7. The van der Waals surface area contributed by atoms with Crippen LogP contribution in [-0.4, -0.2) is 39.2 Å². The minimum Gasteiger partial charge on any atom is -0.384 e. The van der Waals surface area contributed by atoms with Crippen LogP contribution < -0.4 is 16.4 Å². The number of hydrogen-bond donors (Lipinski definition) is 3. The van der Waals surface area contributed by atoms with Gasteiger partial charge in [0.1, 0.15) is 5.82 Å². The van der Waals surface area contributed by atoms with E-state index in [-0.39, 0.29) is 5.82 Å². The fourth-order valence-electron chi connectivity index (χ4n) is 3.67. The Morgan fingerprint density at radius 3 is 2.93 bits per heavy atom. The Hall–Kier alpha value is -2.01. The van der Waals surface area contributed by atoms with Gasteiger partial charge in [0.25, 0.3) is 0 Å². The molecule has 0 bridgehead atoms. The fraction of sp³-hybridized carbons (Fsp3) is 0.450. The quantitative estimate of drug-likeness (QED) is 0.258. The number of hydrogen-bond acceptors (Lipinski definition) is 6. The molecular formula is C20H25FIN7. The number of halogens is 2. The van der Waals surface area contributed by atoms with Crippen LogP contribution in [-0.2, 0) is 19.4 Å². The van der Waals surface area contributed by atoms with Crippen LogP contribution in [0.4, 0.5) is 15.9 Å². The molecule has 1 aliphatic heterocycles. The van der Waals surface area contributed by atoms with Crippen molar-refractivity contribution in [1.82, 2.24) is 24.8 Å². The molecule has 3 aromatic rings. The van der Waals surface area contributed by atoms with E-state index in [4.69, 9.17) is 10.7 Å². The molecule has 0 fully saturated rings. The SMILES string of the molecule is CC(C)CNCCn1c(Cc2cc3c(cc2I)NCC3)nc2c(N)nc(F)nc21. The van der Waals surface area contributed by atoms with Crippen molar-refractivity contribution in [2.24, 2.45) is 5.92 Å². The number of nitrogens with one attached hydrogen (secondary N) is 2. The van der Waals surface area contributed by atoms with Crippen molar-refractivity contribution in [2.75, 3.05) is 30.7 Å². The van der Waals surface area contributed by atoms with Crippen LogP contribution in [0, 0.1) is 15.6 Å². The van der Waals surface area contributed by atoms with Crippen molar-refractivity contribution in [3.05, 3.63) is 38.7 Å². The highest BCUT2D eigenvalue weighted by Crippen LogP contribution is 2.29. The Morgan fingerprint density at radius 2 is 2.14 bits per heavy atom. The number of anilines is 2. The Labute approximate surface area is 182 Å². The number of nitrogens with zero attached hydrogens (tertiary/aromatic N) is 4. The lowest BCUT2D eigenvalue weighted by Crippen LogP contribution is -2.25. The zero-order chi connectivity index (χ0) is 20.5. The molecule has 0 saturated carbocycles. The van der Waals surface area contributed by atoms with Crippen LogP contribution in [0.25, 0.3) is 11.2 Å². The van der Waals surface area contributed by atoms with Crippen LogP contribution in [0.5, 0.6) is 0 Å². The van der Waals surface area contributed by atoms with Crippen molar-refractivity contribution in [1.29, 1.82) is 0 Å². The highest BCUT2D eigenvalue weighted by atomic mass is 127. The van der Waals surface area contributed by atoms with E-state index in [1.807, 2.05) is 4.57 Å². The molecule has 3 heterocycles. The molecule has 1 aliphatic rings. The van der Waals surface area contributed by atoms with Gasteiger partial charge in [-0.2, -0.15) is 14.4 Å². The van der Waals surface area contributed by atoms with Gasteiger partial charge in [-0.25, -0.2) is 4.98 Å². The molecule has 0 aliphatic carbocycles. The van der Waals surface area contributed by atoms with Gasteiger partial charge in [-0.3, -0.25) is 0 Å². The molecule has 0 amide bonds. The standard InChI is InChI=1S/C20H25FIN7/c1-11(2)10-24-5-6-29-16(26-17-18(23)27-20(21)28-19(17)29)8-13-7-12-3-4-25-15(12)9-14(13)22/h7,9,11,24-25H,3-6,8,10H2,1-2H3,(H2,23,27,28). The first-order valence-corrected chi connectivity index (χ1v) is 10.9. The largest absolute Gasteiger partial charge is 0.384 e. The summed E-state index contributed by atoms with van der Waals surface area (Å²) in [7, 11) is 0. The van der Waals surface area contributed by atoms with Gasteiger partial charge >= 0.3 is 6.08 Å². The lowest BCUT2D eigenvalue weighted by Gasteiger charge is -2.12. The summed E-state index contributed by atoms with van der Waals surface area (Å²) in [5.74, 6) is 1.46. The highest BCUT2D eigenvalue weighted by Gasteiger charge is 2.19. The Balaban J connectivity index is 1.69. The van der Waals surface area contributed by atoms with Crippen molar-refractivity contribution < 1.29 is 4.39 Å². The zero-order valence-electron chi connectivity index (χ0n) is 16.6. The minimum atomic E-state index is -0.823. The van der Waals surface area contributed by atoms with Crippen molar-refractivity contribution in [3.63, 3.8) is 0 Å². The van der Waals surface area contributed by atoms with E-state index in [1.54, 1.807) is 0 Å². The predicted octanol–water partition coefficient (Wildman–Crippen LogP) is 2.96. The van der Waals surface area contributed by atoms with Crippen molar-refractivity contribution >= 4 is 45.3 Å². The van der Waals surface area contributed by atoms with Gasteiger partial charge in [0.05, 0.1) is 0 Å². The topological polar surface area (TPSA) is 93.7 Å². The second kappa shape index (κ2) is 8.39. The molecule has 4 rings (SSSR count). The number of imidazole rings is 1. The molecule has 0 radical (unpaired) electrons. The maximum absolute atomic E-state index is 13.9.